The lowest BCUT2D eigenvalue weighted by atomic mass is 10.1. The van der Waals surface area contributed by atoms with Gasteiger partial charge in [0.05, 0.1) is 12.1 Å². The molecule has 1 fully saturated rings. The van der Waals surface area contributed by atoms with E-state index in [1.807, 2.05) is 36.4 Å². The molecule has 2 amide bonds. The second kappa shape index (κ2) is 6.58. The highest BCUT2D eigenvalue weighted by molar-refractivity contribution is 5.79. The Morgan fingerprint density at radius 3 is 1.93 bits per heavy atom. The van der Waals surface area contributed by atoms with Crippen LogP contribution < -0.4 is 0 Å². The van der Waals surface area contributed by atoms with E-state index in [2.05, 4.69) is 58.3 Å². The van der Waals surface area contributed by atoms with Crippen LogP contribution in [0, 0.1) is 0 Å². The summed E-state index contributed by atoms with van der Waals surface area (Å²) in [4.78, 5) is 17.5. The maximum absolute atomic E-state index is 13.4. The molecule has 1 aliphatic carbocycles. The summed E-state index contributed by atoms with van der Waals surface area (Å²) in [7, 11) is 0. The molecule has 1 heterocycles. The van der Waals surface area contributed by atoms with Crippen molar-refractivity contribution >= 4 is 6.03 Å². The predicted molar refractivity (Wildman–Crippen MR) is 106 cm³/mol. The van der Waals surface area contributed by atoms with Crippen LogP contribution in [0.1, 0.15) is 28.3 Å². The van der Waals surface area contributed by atoms with Crippen LogP contribution in [-0.4, -0.2) is 21.9 Å². The van der Waals surface area contributed by atoms with Crippen LogP contribution in [0.25, 0.3) is 0 Å². The van der Waals surface area contributed by atoms with Gasteiger partial charge in [0.2, 0.25) is 0 Å². The average molecular weight is 354 g/mol. The van der Waals surface area contributed by atoms with Gasteiger partial charge in [-0.1, -0.05) is 84.9 Å². The molecule has 1 saturated heterocycles. The second-order valence-electron chi connectivity index (χ2n) is 7.42. The molecule has 27 heavy (non-hydrogen) atoms. The quantitative estimate of drug-likeness (QED) is 0.661. The highest BCUT2D eigenvalue weighted by Gasteiger charge is 2.50. The van der Waals surface area contributed by atoms with Gasteiger partial charge >= 0.3 is 6.03 Å². The van der Waals surface area contributed by atoms with Crippen molar-refractivity contribution in [3.63, 3.8) is 0 Å². The number of amides is 2. The minimum absolute atomic E-state index is 0.137. The summed E-state index contributed by atoms with van der Waals surface area (Å²) in [6.45, 7) is 1.32. The first-order valence-corrected chi connectivity index (χ1v) is 9.54. The molecule has 0 unspecified atom stereocenters. The van der Waals surface area contributed by atoms with Crippen molar-refractivity contribution in [2.24, 2.45) is 0 Å². The molecule has 2 atom stereocenters. The number of rotatable bonds is 4. The van der Waals surface area contributed by atoms with Crippen molar-refractivity contribution in [3.8, 4) is 0 Å². The fourth-order valence-electron chi connectivity index (χ4n) is 4.55. The smallest absolute Gasteiger partial charge is 0.315 e. The maximum Gasteiger partial charge on any atom is 0.321 e. The minimum Gasteiger partial charge on any atom is -0.315 e. The second-order valence-corrected chi connectivity index (χ2v) is 7.42. The molecule has 0 aromatic heterocycles. The van der Waals surface area contributed by atoms with Crippen LogP contribution in [0.4, 0.5) is 4.79 Å². The van der Waals surface area contributed by atoms with E-state index in [-0.39, 0.29) is 18.1 Å². The molecular formula is C24H22N2O. The van der Waals surface area contributed by atoms with Gasteiger partial charge in [-0.05, 0) is 28.7 Å². The zero-order valence-electron chi connectivity index (χ0n) is 15.2. The number of nitrogens with zero attached hydrogens (tertiary/aromatic N) is 2. The van der Waals surface area contributed by atoms with E-state index < -0.39 is 0 Å². The molecule has 0 spiro atoms. The van der Waals surface area contributed by atoms with Gasteiger partial charge in [-0.3, -0.25) is 0 Å². The zero-order chi connectivity index (χ0) is 18.2. The van der Waals surface area contributed by atoms with E-state index in [1.54, 1.807) is 0 Å². The summed E-state index contributed by atoms with van der Waals surface area (Å²) in [6, 6.07) is 29.7. The van der Waals surface area contributed by atoms with E-state index in [9.17, 15) is 4.79 Å². The summed E-state index contributed by atoms with van der Waals surface area (Å²) in [5, 5.41) is 0. The summed E-state index contributed by atoms with van der Waals surface area (Å²) >= 11 is 0. The molecule has 0 radical (unpaired) electrons. The molecule has 134 valence electrons. The van der Waals surface area contributed by atoms with Crippen molar-refractivity contribution in [1.82, 2.24) is 9.80 Å². The van der Waals surface area contributed by atoms with Gasteiger partial charge in [0, 0.05) is 13.1 Å². The largest absolute Gasteiger partial charge is 0.321 e. The first-order chi connectivity index (χ1) is 13.3. The van der Waals surface area contributed by atoms with Crippen LogP contribution in [0.5, 0.6) is 0 Å². The molecule has 3 aromatic carbocycles. The molecule has 0 N–H and O–H groups in total. The minimum atomic E-state index is 0.137. The molecule has 5 rings (SSSR count). The van der Waals surface area contributed by atoms with E-state index in [1.165, 1.54) is 22.3 Å². The monoisotopic (exact) mass is 354 g/mol. The van der Waals surface area contributed by atoms with Crippen LogP contribution >= 0.6 is 0 Å². The van der Waals surface area contributed by atoms with Crippen molar-refractivity contribution in [3.05, 3.63) is 107 Å². The topological polar surface area (TPSA) is 23.6 Å². The zero-order valence-corrected chi connectivity index (χ0v) is 15.2. The lowest BCUT2D eigenvalue weighted by molar-refractivity contribution is 0.180. The molecule has 0 bridgehead atoms. The molecule has 3 heteroatoms. The fraction of sp³-hybridized carbons (Fsp3) is 0.208. The van der Waals surface area contributed by atoms with Gasteiger partial charge in [-0.15, -0.1) is 0 Å². The van der Waals surface area contributed by atoms with Crippen molar-refractivity contribution < 1.29 is 4.79 Å². The van der Waals surface area contributed by atoms with Crippen LogP contribution in [0.2, 0.25) is 0 Å². The van der Waals surface area contributed by atoms with E-state index in [0.717, 1.165) is 6.42 Å². The molecular weight excluding hydrogens is 332 g/mol. The molecule has 2 aliphatic rings. The Bertz CT molecular complexity index is 954. The first-order valence-electron chi connectivity index (χ1n) is 9.54. The van der Waals surface area contributed by atoms with Crippen LogP contribution in [0.3, 0.4) is 0 Å². The number of carbonyl (C=O) groups is 1. The van der Waals surface area contributed by atoms with Crippen LogP contribution in [0.15, 0.2) is 84.9 Å². The van der Waals surface area contributed by atoms with E-state index in [4.69, 9.17) is 0 Å². The molecule has 1 aliphatic heterocycles. The number of hydrogen-bond acceptors (Lipinski definition) is 1. The van der Waals surface area contributed by atoms with E-state index >= 15 is 0 Å². The predicted octanol–water partition coefficient (Wildman–Crippen LogP) is 4.79. The Morgan fingerprint density at radius 2 is 1.26 bits per heavy atom. The first kappa shape index (κ1) is 16.1. The highest BCUT2D eigenvalue weighted by atomic mass is 16.2. The average Bonchev–Trinajstić information content (AvgIpc) is 3.20. The van der Waals surface area contributed by atoms with Crippen LogP contribution in [-0.2, 0) is 19.5 Å². The SMILES string of the molecule is O=C1N(Cc2ccccc2)[C@@H]2c3ccccc3C[C@@H]2N1Cc1ccccc1. The van der Waals surface area contributed by atoms with Crippen molar-refractivity contribution in [1.29, 1.82) is 0 Å². The molecule has 3 nitrogen and oxygen atoms in total. The number of benzene rings is 3. The molecule has 0 saturated carbocycles. The number of carbonyl (C=O) groups excluding carboxylic acids is 1. The maximum atomic E-state index is 13.4. The van der Waals surface area contributed by atoms with Crippen molar-refractivity contribution in [2.45, 2.75) is 31.6 Å². The third-order valence-electron chi connectivity index (χ3n) is 5.79. The Kier molecular flexibility index (Phi) is 3.93. The summed E-state index contributed by atoms with van der Waals surface area (Å²) in [5.74, 6) is 0. The van der Waals surface area contributed by atoms with E-state index in [0.29, 0.717) is 13.1 Å². The van der Waals surface area contributed by atoms with Gasteiger partial charge in [0.25, 0.3) is 0 Å². The fourth-order valence-corrected chi connectivity index (χ4v) is 4.55. The van der Waals surface area contributed by atoms with Gasteiger partial charge in [0.1, 0.15) is 0 Å². The Balaban J connectivity index is 1.51. The Hall–Kier alpha value is -3.07. The van der Waals surface area contributed by atoms with Gasteiger partial charge in [-0.2, -0.15) is 0 Å². The van der Waals surface area contributed by atoms with Gasteiger partial charge < -0.3 is 9.80 Å². The highest BCUT2D eigenvalue weighted by Crippen LogP contribution is 2.45. The summed E-state index contributed by atoms with van der Waals surface area (Å²) < 4.78 is 0. The third kappa shape index (κ3) is 2.80. The third-order valence-corrected chi connectivity index (χ3v) is 5.79. The van der Waals surface area contributed by atoms with Crippen molar-refractivity contribution in [2.75, 3.05) is 0 Å². The van der Waals surface area contributed by atoms with Gasteiger partial charge in [0.15, 0.2) is 0 Å². The Morgan fingerprint density at radius 1 is 0.704 bits per heavy atom. The number of urea groups is 1. The Labute approximate surface area is 159 Å². The standard InChI is InChI=1S/C24H22N2O/c27-24-25(16-18-9-3-1-4-10-18)22-15-20-13-7-8-14-21(20)23(22)26(24)17-19-11-5-2-6-12-19/h1-14,22-23H,15-17H2/t22-,23+/m0/s1. The number of hydrogen-bond donors (Lipinski definition) is 0. The summed E-state index contributed by atoms with van der Waals surface area (Å²) in [5.41, 5.74) is 5.04. The lowest BCUT2D eigenvalue weighted by Gasteiger charge is -2.23. The lowest BCUT2D eigenvalue weighted by Crippen LogP contribution is -2.35. The number of fused-ring (bicyclic) bond motifs is 3. The normalized spacial score (nSPS) is 20.7. The summed E-state index contributed by atoms with van der Waals surface area (Å²) in [6.07, 6.45) is 0.935. The molecule has 3 aromatic rings. The van der Waals surface area contributed by atoms with Gasteiger partial charge in [-0.25, -0.2) is 4.79 Å².